The molecule has 104 valence electrons. The van der Waals surface area contributed by atoms with E-state index in [1.807, 2.05) is 50.2 Å². The van der Waals surface area contributed by atoms with Crippen LogP contribution in [0.4, 0.5) is 0 Å². The van der Waals surface area contributed by atoms with E-state index in [2.05, 4.69) is 0 Å². The Morgan fingerprint density at radius 2 is 1.75 bits per heavy atom. The summed E-state index contributed by atoms with van der Waals surface area (Å²) in [6.07, 6.45) is 0. The van der Waals surface area contributed by atoms with E-state index in [9.17, 15) is 9.59 Å². The summed E-state index contributed by atoms with van der Waals surface area (Å²) in [5.41, 5.74) is 2.98. The Kier molecular flexibility index (Phi) is 4.09. The maximum Gasteiger partial charge on any atom is 0.294 e. The van der Waals surface area contributed by atoms with Gasteiger partial charge in [0.2, 0.25) is 0 Å². The molecule has 1 aromatic heterocycles. The average Bonchev–Trinajstić information content (AvgIpc) is 2.76. The van der Waals surface area contributed by atoms with Gasteiger partial charge in [-0.15, -0.1) is 0 Å². The fraction of sp³-hybridized carbons (Fsp3) is 0.250. The number of benzene rings is 1. The van der Waals surface area contributed by atoms with Gasteiger partial charge in [-0.25, -0.2) is 0 Å². The lowest BCUT2D eigenvalue weighted by Crippen LogP contribution is -2.14. The van der Waals surface area contributed by atoms with Gasteiger partial charge < -0.3 is 4.57 Å². The molecule has 0 unspecified atom stereocenters. The molecule has 0 aliphatic rings. The minimum absolute atomic E-state index is 0.245. The number of ketones is 1. The van der Waals surface area contributed by atoms with E-state index < -0.39 is 11.0 Å². The predicted molar refractivity (Wildman–Crippen MR) is 80.1 cm³/mol. The second-order valence-corrected chi connectivity index (χ2v) is 5.36. The summed E-state index contributed by atoms with van der Waals surface area (Å²) in [4.78, 5) is 23.4. The molecule has 1 aromatic carbocycles. The number of rotatable bonds is 4. The zero-order valence-electron chi connectivity index (χ0n) is 11.7. The van der Waals surface area contributed by atoms with Crippen LogP contribution in [0.1, 0.15) is 35.9 Å². The number of hydrogen-bond donors (Lipinski definition) is 0. The summed E-state index contributed by atoms with van der Waals surface area (Å²) in [5, 5.41) is -0.960. The third kappa shape index (κ3) is 2.54. The van der Waals surface area contributed by atoms with Crippen LogP contribution in [0.25, 0.3) is 11.1 Å². The van der Waals surface area contributed by atoms with Crippen LogP contribution >= 0.6 is 11.6 Å². The molecule has 0 spiro atoms. The van der Waals surface area contributed by atoms with Crippen molar-refractivity contribution in [3.05, 3.63) is 47.8 Å². The zero-order chi connectivity index (χ0) is 14.9. The highest BCUT2D eigenvalue weighted by Crippen LogP contribution is 2.30. The Balaban J connectivity index is 2.70. The molecule has 0 radical (unpaired) electrons. The lowest BCUT2D eigenvalue weighted by molar-refractivity contribution is -0.108. The molecule has 0 saturated carbocycles. The number of nitrogens with zero attached hydrogens (tertiary/aromatic N) is 1. The van der Waals surface area contributed by atoms with E-state index in [1.54, 1.807) is 11.6 Å². The third-order valence-corrected chi connectivity index (χ3v) is 3.51. The summed E-state index contributed by atoms with van der Waals surface area (Å²) < 4.78 is 1.76. The van der Waals surface area contributed by atoms with Crippen molar-refractivity contribution in [1.82, 2.24) is 4.57 Å². The Labute approximate surface area is 123 Å². The quantitative estimate of drug-likeness (QED) is 0.488. The van der Waals surface area contributed by atoms with Gasteiger partial charge in [0, 0.05) is 18.3 Å². The van der Waals surface area contributed by atoms with Gasteiger partial charge in [0.1, 0.15) is 5.69 Å². The van der Waals surface area contributed by atoms with E-state index in [1.165, 1.54) is 0 Å². The van der Waals surface area contributed by atoms with Crippen LogP contribution in [0.15, 0.2) is 36.4 Å². The van der Waals surface area contributed by atoms with Gasteiger partial charge in [-0.1, -0.05) is 44.2 Å². The third-order valence-electron chi connectivity index (χ3n) is 3.34. The lowest BCUT2D eigenvalue weighted by Gasteiger charge is -2.08. The molecule has 0 aliphatic carbocycles. The minimum atomic E-state index is -0.960. The van der Waals surface area contributed by atoms with Crippen LogP contribution in [0, 0.1) is 0 Å². The van der Waals surface area contributed by atoms with Crippen molar-refractivity contribution >= 4 is 22.6 Å². The molecular weight excluding hydrogens is 274 g/mol. The normalized spacial score (nSPS) is 10.8. The second-order valence-electron chi connectivity index (χ2n) is 5.01. The van der Waals surface area contributed by atoms with E-state index in [-0.39, 0.29) is 5.92 Å². The molecule has 0 atom stereocenters. The first kappa shape index (κ1) is 14.5. The minimum Gasteiger partial charge on any atom is -0.344 e. The largest absolute Gasteiger partial charge is 0.344 e. The van der Waals surface area contributed by atoms with Crippen LogP contribution in [0.5, 0.6) is 0 Å². The summed E-state index contributed by atoms with van der Waals surface area (Å²) in [7, 11) is 1.79. The van der Waals surface area contributed by atoms with E-state index in [4.69, 9.17) is 11.6 Å². The number of aromatic nitrogens is 1. The van der Waals surface area contributed by atoms with Crippen LogP contribution < -0.4 is 0 Å². The van der Waals surface area contributed by atoms with Gasteiger partial charge in [0.05, 0.1) is 0 Å². The molecule has 0 bridgehead atoms. The summed E-state index contributed by atoms with van der Waals surface area (Å²) in [6, 6.07) is 11.5. The number of Topliss-reactive ketones (excluding diaryl/α,β-unsaturated/α-hetero) is 1. The Morgan fingerprint density at radius 3 is 2.25 bits per heavy atom. The molecule has 0 amide bonds. The van der Waals surface area contributed by atoms with Crippen molar-refractivity contribution in [3.63, 3.8) is 0 Å². The summed E-state index contributed by atoms with van der Waals surface area (Å²) in [6.45, 7) is 4.09. The van der Waals surface area contributed by atoms with Crippen LogP contribution in [0.3, 0.4) is 0 Å². The van der Waals surface area contributed by atoms with Crippen LogP contribution in [0.2, 0.25) is 0 Å². The molecule has 20 heavy (non-hydrogen) atoms. The number of carbonyl (C=O) groups is 2. The molecule has 0 fully saturated rings. The van der Waals surface area contributed by atoms with Gasteiger partial charge in [0.15, 0.2) is 0 Å². The van der Waals surface area contributed by atoms with Gasteiger partial charge >= 0.3 is 0 Å². The van der Waals surface area contributed by atoms with Gasteiger partial charge in [-0.3, -0.25) is 9.59 Å². The van der Waals surface area contributed by atoms with E-state index in [0.29, 0.717) is 5.69 Å². The molecule has 1 heterocycles. The Morgan fingerprint density at radius 1 is 1.15 bits per heavy atom. The summed E-state index contributed by atoms with van der Waals surface area (Å²) >= 11 is 5.38. The molecule has 2 rings (SSSR count). The van der Waals surface area contributed by atoms with Crippen molar-refractivity contribution in [3.8, 4) is 11.1 Å². The van der Waals surface area contributed by atoms with Crippen LogP contribution in [-0.4, -0.2) is 15.6 Å². The van der Waals surface area contributed by atoms with Crippen molar-refractivity contribution < 1.29 is 9.59 Å². The molecule has 0 N–H and O–H groups in total. The SMILES string of the molecule is CC(C)c1cc(-c2ccccc2)c(C(=O)C(=O)Cl)n1C. The molecule has 0 aliphatic heterocycles. The molecule has 2 aromatic rings. The lowest BCUT2D eigenvalue weighted by atomic mass is 10.0. The van der Waals surface area contributed by atoms with Crippen molar-refractivity contribution in [2.75, 3.05) is 0 Å². The van der Waals surface area contributed by atoms with Gasteiger partial charge in [-0.2, -0.15) is 0 Å². The number of halogens is 1. The highest BCUT2D eigenvalue weighted by molar-refractivity contribution is 6.83. The van der Waals surface area contributed by atoms with Crippen molar-refractivity contribution in [1.29, 1.82) is 0 Å². The van der Waals surface area contributed by atoms with Crippen LogP contribution in [-0.2, 0) is 11.8 Å². The van der Waals surface area contributed by atoms with Gasteiger partial charge in [0.25, 0.3) is 11.0 Å². The molecule has 4 heteroatoms. The Hall–Kier alpha value is -1.87. The Bertz CT molecular complexity index is 657. The maximum absolute atomic E-state index is 12.1. The first-order chi connectivity index (χ1) is 9.43. The van der Waals surface area contributed by atoms with Crippen molar-refractivity contribution in [2.45, 2.75) is 19.8 Å². The van der Waals surface area contributed by atoms with Gasteiger partial charge in [-0.05, 0) is 29.1 Å². The maximum atomic E-state index is 12.1. The molecule has 3 nitrogen and oxygen atoms in total. The standard InChI is InChI=1S/C16H16ClNO2/c1-10(2)13-9-12(11-7-5-4-6-8-11)14(18(13)3)15(19)16(17)20/h4-10H,1-3H3. The highest BCUT2D eigenvalue weighted by atomic mass is 35.5. The first-order valence-corrected chi connectivity index (χ1v) is 6.80. The fourth-order valence-corrected chi connectivity index (χ4v) is 2.47. The van der Waals surface area contributed by atoms with E-state index >= 15 is 0 Å². The highest BCUT2D eigenvalue weighted by Gasteiger charge is 2.25. The monoisotopic (exact) mass is 289 g/mol. The second kappa shape index (κ2) is 5.63. The fourth-order valence-electron chi connectivity index (χ4n) is 2.38. The average molecular weight is 290 g/mol. The predicted octanol–water partition coefficient (Wildman–Crippen LogP) is 3.76. The number of hydrogen-bond acceptors (Lipinski definition) is 2. The topological polar surface area (TPSA) is 39.1 Å². The summed E-state index contributed by atoms with van der Waals surface area (Å²) in [5.74, 6) is -0.422. The van der Waals surface area contributed by atoms with Crippen molar-refractivity contribution in [2.24, 2.45) is 7.05 Å². The van der Waals surface area contributed by atoms with E-state index in [0.717, 1.165) is 16.8 Å². The molecular formula is C16H16ClNO2. The zero-order valence-corrected chi connectivity index (χ0v) is 12.4. The first-order valence-electron chi connectivity index (χ1n) is 6.42. The number of carbonyl (C=O) groups excluding carboxylic acids is 2. The smallest absolute Gasteiger partial charge is 0.294 e. The molecule has 0 saturated heterocycles.